The first kappa shape index (κ1) is 38.8. The summed E-state index contributed by atoms with van der Waals surface area (Å²) in [4.78, 5) is 12.5. The highest BCUT2D eigenvalue weighted by Crippen LogP contribution is 2.39. The number of rotatable bonds is 15. The average molecular weight is 725 g/mol. The number of carbonyl (C=O) groups excluding carboxylic acids is 1. The zero-order valence-electron chi connectivity index (χ0n) is 30.9. The van der Waals surface area contributed by atoms with Crippen LogP contribution in [-0.4, -0.2) is 72.1 Å². The third kappa shape index (κ3) is 10.2. The molecule has 1 aliphatic carbocycles. The summed E-state index contributed by atoms with van der Waals surface area (Å²) < 4.78 is 45.8. The summed E-state index contributed by atoms with van der Waals surface area (Å²) in [5.41, 5.74) is 3.92. The maximum atomic E-state index is 12.5. The number of aliphatic hydroxyl groups excluding tert-OH is 1. The van der Waals surface area contributed by atoms with E-state index in [1.165, 1.54) is 6.92 Å². The molecule has 53 heavy (non-hydrogen) atoms. The third-order valence-corrected chi connectivity index (χ3v) is 10.1. The van der Waals surface area contributed by atoms with Gasteiger partial charge < -0.3 is 38.3 Å². The van der Waals surface area contributed by atoms with E-state index in [0.717, 1.165) is 22.3 Å². The van der Waals surface area contributed by atoms with Crippen LogP contribution in [0.5, 0.6) is 0 Å². The lowest BCUT2D eigenvalue weighted by Gasteiger charge is -2.51. The van der Waals surface area contributed by atoms with Gasteiger partial charge >= 0.3 is 5.97 Å². The van der Waals surface area contributed by atoms with Gasteiger partial charge in [0.1, 0.15) is 30.5 Å². The van der Waals surface area contributed by atoms with E-state index in [4.69, 9.17) is 33.2 Å². The molecular weight excluding hydrogens is 672 g/mol. The first-order valence-electron chi connectivity index (χ1n) is 18.6. The highest BCUT2D eigenvalue weighted by molar-refractivity contribution is 5.66. The summed E-state index contributed by atoms with van der Waals surface area (Å²) >= 11 is 0. The molecule has 0 spiro atoms. The van der Waals surface area contributed by atoms with E-state index in [9.17, 15) is 9.90 Å². The molecule has 9 heteroatoms. The van der Waals surface area contributed by atoms with Crippen molar-refractivity contribution in [3.05, 3.63) is 144 Å². The Labute approximate surface area is 313 Å². The van der Waals surface area contributed by atoms with E-state index < -0.39 is 67.0 Å². The molecule has 11 atom stereocenters. The summed E-state index contributed by atoms with van der Waals surface area (Å²) in [7, 11) is 0. The van der Waals surface area contributed by atoms with Crippen LogP contribution in [0.2, 0.25) is 0 Å². The van der Waals surface area contributed by atoms with Crippen molar-refractivity contribution < 1.29 is 43.1 Å². The summed E-state index contributed by atoms with van der Waals surface area (Å²) in [6, 6.07) is 39.5. The maximum absolute atomic E-state index is 12.5. The molecule has 1 aliphatic heterocycles. The molecule has 6 rings (SSSR count). The highest BCUT2D eigenvalue weighted by atomic mass is 16.6. The molecule has 0 aromatic heterocycles. The normalized spacial score (nSPS) is 30.1. The van der Waals surface area contributed by atoms with Crippen molar-refractivity contribution in [1.82, 2.24) is 0 Å². The minimum atomic E-state index is -1.20. The predicted octanol–water partition coefficient (Wildman–Crippen LogP) is 6.83. The molecular formula is C44H52O9. The van der Waals surface area contributed by atoms with Crippen molar-refractivity contribution in [3.63, 3.8) is 0 Å². The SMILES string of the molecule is CC(=O)OC1[C@@H](O[C@@H]2C(OCc3ccccc3)C(C)C(OCc3ccccc3)[C@H](OCc3ccccc3)C2O)C(OCc2ccccc2)C(C)O[C@H]1C. The molecule has 0 bridgehead atoms. The molecule has 4 aromatic carbocycles. The highest BCUT2D eigenvalue weighted by Gasteiger charge is 2.55. The zero-order valence-corrected chi connectivity index (χ0v) is 30.9. The first-order valence-corrected chi connectivity index (χ1v) is 18.6. The quantitative estimate of drug-likeness (QED) is 0.132. The number of ether oxygens (including phenoxy) is 7. The van der Waals surface area contributed by atoms with Crippen molar-refractivity contribution in [2.24, 2.45) is 5.92 Å². The van der Waals surface area contributed by atoms with Crippen LogP contribution in [0, 0.1) is 5.92 Å². The van der Waals surface area contributed by atoms with Crippen LogP contribution in [-0.2, 0) is 64.4 Å². The van der Waals surface area contributed by atoms with Crippen molar-refractivity contribution >= 4 is 5.97 Å². The number of benzene rings is 4. The van der Waals surface area contributed by atoms with Crippen LogP contribution in [0.1, 0.15) is 49.9 Å². The lowest BCUT2D eigenvalue weighted by atomic mass is 9.78. The molecule has 1 saturated heterocycles. The summed E-state index contributed by atoms with van der Waals surface area (Å²) in [5.74, 6) is -0.773. The van der Waals surface area contributed by atoms with Gasteiger partial charge in [0.05, 0.1) is 50.8 Å². The standard InChI is InChI=1S/C44H52O9/c1-29-38(47-25-33-17-9-5-10-18-33)42(50-28-36-23-15-8-16-24-36)37(46)43(39(29)48-26-34-19-11-6-12-20-34)53-44-40(49-27-35-21-13-7-14-22-35)30(2)51-31(3)41(44)52-32(4)45/h5-24,29-31,37-44,46H,25-28H2,1-4H3/t29?,30?,31-,37?,38?,39?,40?,41?,42+,43-,44-/m0/s1. The molecule has 0 radical (unpaired) electrons. The number of aliphatic hydroxyl groups is 1. The molecule has 282 valence electrons. The van der Waals surface area contributed by atoms with E-state index in [2.05, 4.69) is 6.92 Å². The minimum Gasteiger partial charge on any atom is -0.457 e. The van der Waals surface area contributed by atoms with Gasteiger partial charge in [-0.3, -0.25) is 4.79 Å². The van der Waals surface area contributed by atoms with Crippen molar-refractivity contribution in [3.8, 4) is 0 Å². The number of hydrogen-bond donors (Lipinski definition) is 1. The molecule has 0 amide bonds. The maximum Gasteiger partial charge on any atom is 0.303 e. The summed E-state index contributed by atoms with van der Waals surface area (Å²) in [6.45, 7) is 8.35. The van der Waals surface area contributed by atoms with E-state index in [-0.39, 0.29) is 25.7 Å². The second kappa shape index (κ2) is 18.9. The lowest BCUT2D eigenvalue weighted by molar-refractivity contribution is -0.302. The van der Waals surface area contributed by atoms with E-state index in [1.54, 1.807) is 0 Å². The van der Waals surface area contributed by atoms with Gasteiger partial charge in [-0.25, -0.2) is 0 Å². The molecule has 7 unspecified atom stereocenters. The largest absolute Gasteiger partial charge is 0.457 e. The van der Waals surface area contributed by atoms with E-state index in [0.29, 0.717) is 6.61 Å². The Morgan fingerprint density at radius 2 is 0.868 bits per heavy atom. The average Bonchev–Trinajstić information content (AvgIpc) is 3.17. The van der Waals surface area contributed by atoms with Crippen LogP contribution >= 0.6 is 0 Å². The second-order valence-electron chi connectivity index (χ2n) is 14.1. The second-order valence-corrected chi connectivity index (χ2v) is 14.1. The Bertz CT molecular complexity index is 1660. The van der Waals surface area contributed by atoms with Gasteiger partial charge in [0.2, 0.25) is 0 Å². The fourth-order valence-electron chi connectivity index (χ4n) is 7.41. The molecule has 1 N–H and O–H groups in total. The lowest BCUT2D eigenvalue weighted by Crippen LogP contribution is -2.67. The molecule has 2 aliphatic rings. The Hall–Kier alpha value is -3.93. The smallest absolute Gasteiger partial charge is 0.303 e. The van der Waals surface area contributed by atoms with Gasteiger partial charge in [0, 0.05) is 12.8 Å². The van der Waals surface area contributed by atoms with Crippen LogP contribution in [0.3, 0.4) is 0 Å². The summed E-state index contributed by atoms with van der Waals surface area (Å²) in [5, 5.41) is 12.5. The van der Waals surface area contributed by atoms with Gasteiger partial charge in [-0.05, 0) is 36.1 Å². The van der Waals surface area contributed by atoms with E-state index in [1.807, 2.05) is 135 Å². The molecule has 1 saturated carbocycles. The fraction of sp³-hybridized carbons (Fsp3) is 0.432. The van der Waals surface area contributed by atoms with Gasteiger partial charge in [-0.1, -0.05) is 128 Å². The first-order chi connectivity index (χ1) is 25.8. The number of hydrogen-bond acceptors (Lipinski definition) is 9. The van der Waals surface area contributed by atoms with Crippen molar-refractivity contribution in [2.45, 2.75) is 115 Å². The molecule has 1 heterocycles. The van der Waals surface area contributed by atoms with Crippen molar-refractivity contribution in [2.75, 3.05) is 0 Å². The Balaban J connectivity index is 1.35. The summed E-state index contributed by atoms with van der Waals surface area (Å²) in [6.07, 6.45) is -7.33. The molecule has 2 fully saturated rings. The van der Waals surface area contributed by atoms with Gasteiger partial charge in [-0.2, -0.15) is 0 Å². The van der Waals surface area contributed by atoms with Crippen LogP contribution in [0.4, 0.5) is 0 Å². The predicted molar refractivity (Wildman–Crippen MR) is 199 cm³/mol. The Morgan fingerprint density at radius 1 is 0.509 bits per heavy atom. The third-order valence-electron chi connectivity index (χ3n) is 10.1. The van der Waals surface area contributed by atoms with Gasteiger partial charge in [0.25, 0.3) is 0 Å². The topological polar surface area (TPSA) is 102 Å². The number of esters is 1. The van der Waals surface area contributed by atoms with Crippen molar-refractivity contribution in [1.29, 1.82) is 0 Å². The molecule has 9 nitrogen and oxygen atoms in total. The van der Waals surface area contributed by atoms with Gasteiger partial charge in [-0.15, -0.1) is 0 Å². The minimum absolute atomic E-state index is 0.257. The Morgan fingerprint density at radius 3 is 1.28 bits per heavy atom. The molecule has 4 aromatic rings. The monoisotopic (exact) mass is 724 g/mol. The van der Waals surface area contributed by atoms with Crippen LogP contribution in [0.15, 0.2) is 121 Å². The fourth-order valence-corrected chi connectivity index (χ4v) is 7.41. The van der Waals surface area contributed by atoms with E-state index >= 15 is 0 Å². The van der Waals surface area contributed by atoms with Gasteiger partial charge in [0.15, 0.2) is 6.10 Å². The van der Waals surface area contributed by atoms with Crippen LogP contribution in [0.25, 0.3) is 0 Å². The van der Waals surface area contributed by atoms with Crippen LogP contribution < -0.4 is 0 Å². The Kier molecular flexibility index (Phi) is 13.8. The zero-order chi connectivity index (χ0) is 37.2. The number of carbonyl (C=O) groups is 1.